The van der Waals surface area contributed by atoms with Crippen molar-refractivity contribution >= 4 is 17.5 Å². The molecule has 1 saturated heterocycles. The first kappa shape index (κ1) is 24.1. The maximum atomic E-state index is 14.3. The molecule has 2 fully saturated rings. The number of hydrogen-bond donors (Lipinski definition) is 1. The van der Waals surface area contributed by atoms with E-state index in [0.717, 1.165) is 43.1 Å². The maximum absolute atomic E-state index is 14.3. The number of carbonyl (C=O) groups is 1. The molecule has 8 nitrogen and oxygen atoms in total. The van der Waals surface area contributed by atoms with E-state index in [0.29, 0.717) is 25.6 Å². The third kappa shape index (κ3) is 5.16. The van der Waals surface area contributed by atoms with Crippen LogP contribution >= 0.6 is 0 Å². The molecule has 2 aromatic heterocycles. The average molecular weight is 492 g/mol. The molecule has 0 radical (unpaired) electrons. The molecule has 2 aliphatic rings. The van der Waals surface area contributed by atoms with Crippen molar-refractivity contribution in [3.8, 4) is 11.3 Å². The Morgan fingerprint density at radius 3 is 2.67 bits per heavy atom. The van der Waals surface area contributed by atoms with Gasteiger partial charge in [-0.1, -0.05) is 31.4 Å². The fourth-order valence-electron chi connectivity index (χ4n) is 4.95. The SMILES string of the molecule is Cn1c(N2CCO[C@@H](c3ccc(NC(=O)C4CCCCC4)cc3)C2)nc(-c2ccncc2F)cc1=O. The first-order valence-electron chi connectivity index (χ1n) is 12.4. The van der Waals surface area contributed by atoms with E-state index in [-0.39, 0.29) is 34.7 Å². The standard InChI is InChI=1S/C27H30FN5O3/c1-32-25(34)15-23(21-11-12-29-16-22(21)28)31-27(32)33-13-14-36-24(17-33)18-7-9-20(10-8-18)30-26(35)19-5-3-2-4-6-19/h7-12,15-16,19,24H,2-6,13-14,17H2,1H3,(H,30,35)/t24-/m1/s1. The molecule has 3 heterocycles. The molecule has 0 bridgehead atoms. The van der Waals surface area contributed by atoms with Crippen LogP contribution in [0.1, 0.15) is 43.8 Å². The van der Waals surface area contributed by atoms with Gasteiger partial charge >= 0.3 is 0 Å². The van der Waals surface area contributed by atoms with Crippen LogP contribution in [0.15, 0.2) is 53.6 Å². The molecule has 1 atom stereocenters. The maximum Gasteiger partial charge on any atom is 0.255 e. The van der Waals surface area contributed by atoms with Gasteiger partial charge in [-0.05, 0) is 36.6 Å². The van der Waals surface area contributed by atoms with Gasteiger partial charge in [0.15, 0.2) is 5.82 Å². The van der Waals surface area contributed by atoms with Crippen LogP contribution in [0.5, 0.6) is 0 Å². The molecule has 1 saturated carbocycles. The van der Waals surface area contributed by atoms with Crippen molar-refractivity contribution in [2.75, 3.05) is 29.9 Å². The molecule has 36 heavy (non-hydrogen) atoms. The molecule has 1 N–H and O–H groups in total. The number of nitrogens with one attached hydrogen (secondary N) is 1. The number of halogens is 1. The molecule has 1 aromatic carbocycles. The number of benzene rings is 1. The molecule has 1 aliphatic heterocycles. The smallest absolute Gasteiger partial charge is 0.255 e. The predicted octanol–water partition coefficient (Wildman–Crippen LogP) is 4.08. The minimum Gasteiger partial charge on any atom is -0.370 e. The van der Waals surface area contributed by atoms with Crippen LogP contribution in [0.2, 0.25) is 0 Å². The van der Waals surface area contributed by atoms with Crippen molar-refractivity contribution in [1.29, 1.82) is 0 Å². The predicted molar refractivity (Wildman–Crippen MR) is 135 cm³/mol. The first-order chi connectivity index (χ1) is 17.5. The summed E-state index contributed by atoms with van der Waals surface area (Å²) in [4.78, 5) is 35.6. The molecule has 0 unspecified atom stereocenters. The number of anilines is 2. The van der Waals surface area contributed by atoms with Gasteiger partial charge < -0.3 is 15.0 Å². The van der Waals surface area contributed by atoms with Crippen LogP contribution in [-0.4, -0.2) is 40.1 Å². The summed E-state index contributed by atoms with van der Waals surface area (Å²) in [5.74, 6) is 0.127. The third-order valence-electron chi connectivity index (χ3n) is 7.03. The van der Waals surface area contributed by atoms with Crippen LogP contribution in [0.4, 0.5) is 16.0 Å². The second kappa shape index (κ2) is 10.6. The fourth-order valence-corrected chi connectivity index (χ4v) is 4.95. The molecule has 188 valence electrons. The number of aromatic nitrogens is 3. The topological polar surface area (TPSA) is 89.3 Å². The highest BCUT2D eigenvalue weighted by molar-refractivity contribution is 5.92. The van der Waals surface area contributed by atoms with Gasteiger partial charge in [-0.2, -0.15) is 0 Å². The largest absolute Gasteiger partial charge is 0.370 e. The fraction of sp³-hybridized carbons (Fsp3) is 0.407. The van der Waals surface area contributed by atoms with Crippen LogP contribution in [0.25, 0.3) is 11.3 Å². The Balaban J connectivity index is 1.31. The number of nitrogens with zero attached hydrogens (tertiary/aromatic N) is 4. The number of rotatable bonds is 5. The van der Waals surface area contributed by atoms with E-state index in [9.17, 15) is 14.0 Å². The van der Waals surface area contributed by atoms with Crippen molar-refractivity contribution in [3.63, 3.8) is 0 Å². The van der Waals surface area contributed by atoms with E-state index in [1.165, 1.54) is 29.3 Å². The van der Waals surface area contributed by atoms with Crippen molar-refractivity contribution in [1.82, 2.24) is 14.5 Å². The van der Waals surface area contributed by atoms with E-state index in [2.05, 4.69) is 15.3 Å². The lowest BCUT2D eigenvalue weighted by Crippen LogP contribution is -2.41. The lowest BCUT2D eigenvalue weighted by Gasteiger charge is -2.34. The minimum atomic E-state index is -0.528. The highest BCUT2D eigenvalue weighted by atomic mass is 19.1. The van der Waals surface area contributed by atoms with Crippen molar-refractivity contribution in [3.05, 3.63) is 70.5 Å². The molecule has 5 rings (SSSR count). The first-order valence-corrected chi connectivity index (χ1v) is 12.4. The van der Waals surface area contributed by atoms with Gasteiger partial charge in [-0.3, -0.25) is 19.1 Å². The molecular formula is C27H30FN5O3. The summed E-state index contributed by atoms with van der Waals surface area (Å²) in [5.41, 5.74) is 1.98. The Morgan fingerprint density at radius 1 is 1.14 bits per heavy atom. The second-order valence-electron chi connectivity index (χ2n) is 9.45. The van der Waals surface area contributed by atoms with Gasteiger partial charge in [0, 0.05) is 43.0 Å². The minimum absolute atomic E-state index is 0.0973. The lowest BCUT2D eigenvalue weighted by atomic mass is 9.88. The number of morpholine rings is 1. The van der Waals surface area contributed by atoms with Gasteiger partial charge in [0.1, 0.15) is 6.10 Å². The normalized spacial score (nSPS) is 18.7. The Kier molecular flexibility index (Phi) is 7.09. The molecule has 1 aliphatic carbocycles. The Hall–Kier alpha value is -3.59. The van der Waals surface area contributed by atoms with Gasteiger partial charge in [0.2, 0.25) is 11.9 Å². The summed E-state index contributed by atoms with van der Waals surface area (Å²) in [5, 5.41) is 3.04. The Bertz CT molecular complexity index is 1290. The Morgan fingerprint density at radius 2 is 1.92 bits per heavy atom. The number of ether oxygens (including phenoxy) is 1. The van der Waals surface area contributed by atoms with Crippen molar-refractivity contribution in [2.24, 2.45) is 13.0 Å². The molecule has 1 amide bonds. The van der Waals surface area contributed by atoms with Gasteiger partial charge in [0.25, 0.3) is 5.56 Å². The van der Waals surface area contributed by atoms with Crippen molar-refractivity contribution in [2.45, 2.75) is 38.2 Å². The molecule has 0 spiro atoms. The van der Waals surface area contributed by atoms with E-state index < -0.39 is 5.82 Å². The summed E-state index contributed by atoms with van der Waals surface area (Å²) >= 11 is 0. The highest BCUT2D eigenvalue weighted by Crippen LogP contribution is 2.28. The van der Waals surface area contributed by atoms with Crippen molar-refractivity contribution < 1.29 is 13.9 Å². The zero-order chi connectivity index (χ0) is 25.1. The number of pyridine rings is 1. The third-order valence-corrected chi connectivity index (χ3v) is 7.03. The number of carbonyl (C=O) groups excluding carboxylic acids is 1. The monoisotopic (exact) mass is 491 g/mol. The zero-order valence-electron chi connectivity index (χ0n) is 20.3. The van der Waals surface area contributed by atoms with Crippen LogP contribution < -0.4 is 15.8 Å². The van der Waals surface area contributed by atoms with Crippen LogP contribution in [-0.2, 0) is 16.6 Å². The van der Waals surface area contributed by atoms with Gasteiger partial charge in [-0.15, -0.1) is 0 Å². The zero-order valence-corrected chi connectivity index (χ0v) is 20.3. The van der Waals surface area contributed by atoms with Gasteiger partial charge in [-0.25, -0.2) is 9.37 Å². The lowest BCUT2D eigenvalue weighted by molar-refractivity contribution is -0.120. The molecule has 3 aromatic rings. The summed E-state index contributed by atoms with van der Waals surface area (Å²) < 4.78 is 21.8. The molecular weight excluding hydrogens is 461 g/mol. The summed E-state index contributed by atoms with van der Waals surface area (Å²) in [6, 6.07) is 10.6. The quantitative estimate of drug-likeness (QED) is 0.579. The second-order valence-corrected chi connectivity index (χ2v) is 9.45. The van der Waals surface area contributed by atoms with Crippen LogP contribution in [0, 0.1) is 11.7 Å². The van der Waals surface area contributed by atoms with E-state index in [1.54, 1.807) is 7.05 Å². The summed E-state index contributed by atoms with van der Waals surface area (Å²) in [7, 11) is 1.66. The Labute approximate surface area is 209 Å². The number of amides is 1. The summed E-state index contributed by atoms with van der Waals surface area (Å²) in [6.45, 7) is 1.49. The van der Waals surface area contributed by atoms with E-state index in [4.69, 9.17) is 4.74 Å². The number of hydrogen-bond acceptors (Lipinski definition) is 6. The van der Waals surface area contributed by atoms with E-state index >= 15 is 0 Å². The van der Waals surface area contributed by atoms with Gasteiger partial charge in [0.05, 0.1) is 25.0 Å². The highest BCUT2D eigenvalue weighted by Gasteiger charge is 2.26. The summed E-state index contributed by atoms with van der Waals surface area (Å²) in [6.07, 6.45) is 7.72. The average Bonchev–Trinajstić information content (AvgIpc) is 2.91. The molecule has 9 heteroatoms. The van der Waals surface area contributed by atoms with Crippen LogP contribution in [0.3, 0.4) is 0 Å². The van der Waals surface area contributed by atoms with E-state index in [1.807, 2.05) is 29.2 Å².